The van der Waals surface area contributed by atoms with Crippen molar-refractivity contribution in [3.8, 4) is 0 Å². The number of rotatable bonds is 3. The van der Waals surface area contributed by atoms with E-state index in [-0.39, 0.29) is 17.9 Å². The van der Waals surface area contributed by atoms with Crippen molar-refractivity contribution in [2.45, 2.75) is 19.4 Å². The molecule has 2 atom stereocenters. The number of amides is 1. The first-order valence-corrected chi connectivity index (χ1v) is 6.62. The molecule has 0 aliphatic carbocycles. The third-order valence-electron chi connectivity index (χ3n) is 2.81. The van der Waals surface area contributed by atoms with E-state index in [1.54, 1.807) is 0 Å². The maximum absolute atomic E-state index is 11.9. The van der Waals surface area contributed by atoms with Gasteiger partial charge < -0.3 is 10.6 Å². The smallest absolute Gasteiger partial charge is 0.224 e. The predicted molar refractivity (Wildman–Crippen MR) is 66.9 cm³/mol. The third-order valence-corrected chi connectivity index (χ3v) is 4.22. The molecule has 88 valence electrons. The van der Waals surface area contributed by atoms with Gasteiger partial charge in [0.05, 0.1) is 16.3 Å². The van der Waals surface area contributed by atoms with Gasteiger partial charge in [0, 0.05) is 11.4 Å². The number of thiophene rings is 1. The molecule has 1 aliphatic heterocycles. The highest BCUT2D eigenvalue weighted by atomic mass is 35.5. The molecular formula is C11H15ClN2OS. The van der Waals surface area contributed by atoms with Crippen LogP contribution in [0.5, 0.6) is 0 Å². The van der Waals surface area contributed by atoms with Crippen molar-refractivity contribution >= 4 is 28.8 Å². The lowest BCUT2D eigenvalue weighted by Crippen LogP contribution is -2.33. The Morgan fingerprint density at radius 3 is 3.06 bits per heavy atom. The van der Waals surface area contributed by atoms with Gasteiger partial charge in [0.25, 0.3) is 0 Å². The zero-order valence-electron chi connectivity index (χ0n) is 9.13. The van der Waals surface area contributed by atoms with Crippen molar-refractivity contribution in [2.24, 2.45) is 5.92 Å². The highest BCUT2D eigenvalue weighted by Crippen LogP contribution is 2.26. The third kappa shape index (κ3) is 2.75. The van der Waals surface area contributed by atoms with E-state index in [0.717, 1.165) is 28.7 Å². The zero-order chi connectivity index (χ0) is 11.5. The van der Waals surface area contributed by atoms with Gasteiger partial charge in [0.15, 0.2) is 0 Å². The van der Waals surface area contributed by atoms with Crippen molar-refractivity contribution in [3.63, 3.8) is 0 Å². The molecule has 0 saturated carbocycles. The van der Waals surface area contributed by atoms with Crippen LogP contribution in [-0.2, 0) is 4.79 Å². The normalized spacial score (nSPS) is 22.0. The maximum Gasteiger partial charge on any atom is 0.224 e. The molecular weight excluding hydrogens is 244 g/mol. The summed E-state index contributed by atoms with van der Waals surface area (Å²) in [6.07, 6.45) is 0.934. The van der Waals surface area contributed by atoms with Crippen LogP contribution in [0.1, 0.15) is 24.3 Å². The molecule has 2 heterocycles. The monoisotopic (exact) mass is 258 g/mol. The van der Waals surface area contributed by atoms with E-state index in [1.807, 2.05) is 19.1 Å². The molecule has 0 spiro atoms. The van der Waals surface area contributed by atoms with Crippen LogP contribution in [0.4, 0.5) is 0 Å². The number of hydrogen-bond donors (Lipinski definition) is 2. The Bertz CT molecular complexity index is 374. The van der Waals surface area contributed by atoms with E-state index < -0.39 is 0 Å². The minimum Gasteiger partial charge on any atom is -0.348 e. The molecule has 1 aromatic heterocycles. The molecule has 16 heavy (non-hydrogen) atoms. The minimum atomic E-state index is 0.0469. The van der Waals surface area contributed by atoms with Gasteiger partial charge in [0.2, 0.25) is 5.91 Å². The van der Waals surface area contributed by atoms with E-state index in [4.69, 9.17) is 11.6 Å². The predicted octanol–water partition coefficient (Wildman–Crippen LogP) is 2.19. The highest BCUT2D eigenvalue weighted by Gasteiger charge is 2.23. The fourth-order valence-electron chi connectivity index (χ4n) is 1.84. The first-order chi connectivity index (χ1) is 7.66. The van der Waals surface area contributed by atoms with Crippen molar-refractivity contribution < 1.29 is 4.79 Å². The maximum atomic E-state index is 11.9. The summed E-state index contributed by atoms with van der Waals surface area (Å²) in [7, 11) is 0. The number of nitrogens with one attached hydrogen (secondary N) is 2. The van der Waals surface area contributed by atoms with Crippen LogP contribution in [0.3, 0.4) is 0 Å². The Kier molecular flexibility index (Phi) is 3.84. The van der Waals surface area contributed by atoms with E-state index in [9.17, 15) is 4.79 Å². The molecule has 1 aromatic rings. The first-order valence-electron chi connectivity index (χ1n) is 5.43. The van der Waals surface area contributed by atoms with Crippen molar-refractivity contribution in [1.29, 1.82) is 0 Å². The van der Waals surface area contributed by atoms with Crippen molar-refractivity contribution in [3.05, 3.63) is 21.3 Å². The summed E-state index contributed by atoms with van der Waals surface area (Å²) in [6.45, 7) is 3.73. The summed E-state index contributed by atoms with van der Waals surface area (Å²) in [5.74, 6) is 0.264. The molecule has 3 nitrogen and oxygen atoms in total. The van der Waals surface area contributed by atoms with Gasteiger partial charge in [-0.05, 0) is 32.0 Å². The largest absolute Gasteiger partial charge is 0.348 e. The Morgan fingerprint density at radius 1 is 1.69 bits per heavy atom. The average Bonchev–Trinajstić information content (AvgIpc) is 2.87. The summed E-state index contributed by atoms with van der Waals surface area (Å²) < 4.78 is 0.763. The Labute approximate surface area is 104 Å². The van der Waals surface area contributed by atoms with Gasteiger partial charge in [-0.25, -0.2) is 0 Å². The number of carbonyl (C=O) groups excluding carboxylic acids is 1. The molecule has 2 N–H and O–H groups in total. The topological polar surface area (TPSA) is 41.1 Å². The lowest BCUT2D eigenvalue weighted by molar-refractivity contribution is -0.125. The molecule has 1 amide bonds. The first kappa shape index (κ1) is 11.9. The quantitative estimate of drug-likeness (QED) is 0.873. The molecule has 2 rings (SSSR count). The second-order valence-corrected chi connectivity index (χ2v) is 5.81. The Balaban J connectivity index is 1.91. The second kappa shape index (κ2) is 5.17. The lowest BCUT2D eigenvalue weighted by atomic mass is 10.1. The summed E-state index contributed by atoms with van der Waals surface area (Å²) in [4.78, 5) is 13.0. The fourth-order valence-corrected chi connectivity index (χ4v) is 2.91. The van der Waals surface area contributed by atoms with Crippen molar-refractivity contribution in [2.75, 3.05) is 13.1 Å². The van der Waals surface area contributed by atoms with Crippen LogP contribution in [0.25, 0.3) is 0 Å². The van der Waals surface area contributed by atoms with E-state index in [1.165, 1.54) is 11.3 Å². The van der Waals surface area contributed by atoms with Crippen LogP contribution in [0.15, 0.2) is 12.1 Å². The molecule has 0 aromatic carbocycles. The SMILES string of the molecule is CC(NC(=O)C1CCNC1)c1ccc(Cl)s1. The zero-order valence-corrected chi connectivity index (χ0v) is 10.7. The standard InChI is InChI=1S/C11H15ClN2OS/c1-7(9-2-3-10(12)16-9)14-11(15)8-4-5-13-6-8/h2-3,7-8,13H,4-6H2,1H3,(H,14,15). The van der Waals surface area contributed by atoms with Crippen molar-refractivity contribution in [1.82, 2.24) is 10.6 Å². The van der Waals surface area contributed by atoms with Crippen LogP contribution >= 0.6 is 22.9 Å². The fraction of sp³-hybridized carbons (Fsp3) is 0.545. The molecule has 5 heteroatoms. The number of hydrogen-bond acceptors (Lipinski definition) is 3. The van der Waals surface area contributed by atoms with E-state index in [2.05, 4.69) is 10.6 Å². The second-order valence-electron chi connectivity index (χ2n) is 4.06. The number of carbonyl (C=O) groups is 1. The van der Waals surface area contributed by atoms with Gasteiger partial charge >= 0.3 is 0 Å². The van der Waals surface area contributed by atoms with Gasteiger partial charge in [-0.15, -0.1) is 11.3 Å². The molecule has 0 bridgehead atoms. The Morgan fingerprint density at radius 2 is 2.50 bits per heavy atom. The van der Waals surface area contributed by atoms with Gasteiger partial charge in [-0.3, -0.25) is 4.79 Å². The van der Waals surface area contributed by atoms with E-state index >= 15 is 0 Å². The lowest BCUT2D eigenvalue weighted by Gasteiger charge is -2.15. The van der Waals surface area contributed by atoms with Crippen LogP contribution in [0, 0.1) is 5.92 Å². The average molecular weight is 259 g/mol. The van der Waals surface area contributed by atoms with E-state index in [0.29, 0.717) is 0 Å². The molecule has 1 fully saturated rings. The van der Waals surface area contributed by atoms with Gasteiger partial charge in [0.1, 0.15) is 0 Å². The number of halogens is 1. The summed E-state index contributed by atoms with van der Waals surface area (Å²) in [5, 5.41) is 6.22. The molecule has 1 aliphatic rings. The summed E-state index contributed by atoms with van der Waals surface area (Å²) in [5.41, 5.74) is 0. The minimum absolute atomic E-state index is 0.0469. The van der Waals surface area contributed by atoms with Crippen LogP contribution < -0.4 is 10.6 Å². The highest BCUT2D eigenvalue weighted by molar-refractivity contribution is 7.16. The molecule has 0 radical (unpaired) electrons. The Hall–Kier alpha value is -0.580. The molecule has 2 unspecified atom stereocenters. The van der Waals surface area contributed by atoms with Crippen LogP contribution in [-0.4, -0.2) is 19.0 Å². The van der Waals surface area contributed by atoms with Crippen LogP contribution in [0.2, 0.25) is 4.34 Å². The summed E-state index contributed by atoms with van der Waals surface area (Å²) in [6, 6.07) is 3.87. The van der Waals surface area contributed by atoms with Gasteiger partial charge in [-0.2, -0.15) is 0 Å². The molecule has 1 saturated heterocycles. The van der Waals surface area contributed by atoms with Gasteiger partial charge in [-0.1, -0.05) is 11.6 Å². The summed E-state index contributed by atoms with van der Waals surface area (Å²) >= 11 is 7.38.